The number of amides is 1. The number of rotatable bonds is 3. The molecule has 1 atom stereocenters. The Morgan fingerprint density at radius 1 is 1.25 bits per heavy atom. The molecule has 7 heteroatoms. The lowest BCUT2D eigenvalue weighted by Crippen LogP contribution is -2.56. The summed E-state index contributed by atoms with van der Waals surface area (Å²) in [7, 11) is 2.02. The molecule has 0 spiro atoms. The van der Waals surface area contributed by atoms with Crippen molar-refractivity contribution in [3.8, 4) is 0 Å². The summed E-state index contributed by atoms with van der Waals surface area (Å²) in [4.78, 5) is 21.4. The molecule has 0 radical (unpaired) electrons. The molecule has 1 N–H and O–H groups in total. The van der Waals surface area contributed by atoms with Crippen molar-refractivity contribution in [3.05, 3.63) is 11.7 Å². The van der Waals surface area contributed by atoms with Crippen LogP contribution in [-0.2, 0) is 4.79 Å². The van der Waals surface area contributed by atoms with E-state index >= 15 is 0 Å². The molecule has 1 aromatic heterocycles. The molecule has 132 valence electrons. The Kier molecular flexibility index (Phi) is 4.08. The van der Waals surface area contributed by atoms with E-state index in [2.05, 4.69) is 15.0 Å². The average Bonchev–Trinajstić information content (AvgIpc) is 3.33. The van der Waals surface area contributed by atoms with Gasteiger partial charge in [-0.25, -0.2) is 0 Å². The van der Waals surface area contributed by atoms with Crippen molar-refractivity contribution in [2.45, 2.75) is 62.5 Å². The minimum Gasteiger partial charge on any atom is -0.380 e. The van der Waals surface area contributed by atoms with Gasteiger partial charge >= 0.3 is 0 Å². The van der Waals surface area contributed by atoms with E-state index in [1.54, 1.807) is 4.90 Å². The minimum atomic E-state index is -1.17. The van der Waals surface area contributed by atoms with Gasteiger partial charge in [-0.3, -0.25) is 9.69 Å². The first-order chi connectivity index (χ1) is 11.6. The zero-order valence-corrected chi connectivity index (χ0v) is 14.3. The summed E-state index contributed by atoms with van der Waals surface area (Å²) >= 11 is 0. The lowest BCUT2D eigenvalue weighted by atomic mass is 9.83. The second kappa shape index (κ2) is 6.11. The maximum atomic E-state index is 12.9. The van der Waals surface area contributed by atoms with E-state index in [1.165, 1.54) is 0 Å². The lowest BCUT2D eigenvalue weighted by Gasteiger charge is -2.42. The van der Waals surface area contributed by atoms with Crippen LogP contribution in [0.5, 0.6) is 0 Å². The number of likely N-dealkylation sites (N-methyl/N-ethyl adjacent to an activating group) is 1. The summed E-state index contributed by atoms with van der Waals surface area (Å²) in [5, 5.41) is 14.8. The Morgan fingerprint density at radius 3 is 2.71 bits per heavy atom. The molecule has 1 aromatic rings. The van der Waals surface area contributed by atoms with Crippen molar-refractivity contribution in [1.29, 1.82) is 0 Å². The fourth-order valence-corrected chi connectivity index (χ4v) is 3.86. The standard InChI is InChI=1S/C17H26N4O3/c1-20-9-10-21(16(22)17(23)7-3-2-4-8-17)11-13(20)15-18-14(19-24-15)12-5-6-12/h12-13,23H,2-11H2,1H3. The van der Waals surface area contributed by atoms with E-state index in [-0.39, 0.29) is 11.9 Å². The summed E-state index contributed by atoms with van der Waals surface area (Å²) in [5.41, 5.74) is -1.17. The molecule has 0 aromatic carbocycles. The van der Waals surface area contributed by atoms with Gasteiger partial charge in [0.15, 0.2) is 5.82 Å². The number of hydrogen-bond donors (Lipinski definition) is 1. The van der Waals surface area contributed by atoms with Gasteiger partial charge in [-0.2, -0.15) is 4.98 Å². The predicted octanol–water partition coefficient (Wildman–Crippen LogP) is 1.46. The first-order valence-corrected chi connectivity index (χ1v) is 9.12. The maximum absolute atomic E-state index is 12.9. The van der Waals surface area contributed by atoms with E-state index in [0.29, 0.717) is 37.7 Å². The first kappa shape index (κ1) is 16.0. The average molecular weight is 334 g/mol. The van der Waals surface area contributed by atoms with E-state index in [9.17, 15) is 9.90 Å². The van der Waals surface area contributed by atoms with E-state index in [4.69, 9.17) is 4.52 Å². The fraction of sp³-hybridized carbons (Fsp3) is 0.824. The van der Waals surface area contributed by atoms with Gasteiger partial charge in [0, 0.05) is 25.6 Å². The molecule has 3 aliphatic rings. The third kappa shape index (κ3) is 2.95. The molecule has 1 unspecified atom stereocenters. The molecule has 0 bridgehead atoms. The highest BCUT2D eigenvalue weighted by atomic mass is 16.5. The minimum absolute atomic E-state index is 0.0881. The highest BCUT2D eigenvalue weighted by molar-refractivity contribution is 5.85. The van der Waals surface area contributed by atoms with Crippen molar-refractivity contribution < 1.29 is 14.4 Å². The molecule has 2 aliphatic carbocycles. The van der Waals surface area contributed by atoms with Crippen LogP contribution in [0.4, 0.5) is 0 Å². The predicted molar refractivity (Wildman–Crippen MR) is 86.3 cm³/mol. The summed E-state index contributed by atoms with van der Waals surface area (Å²) in [6.07, 6.45) is 6.38. The normalized spacial score (nSPS) is 28.1. The van der Waals surface area contributed by atoms with Gasteiger partial charge in [0.05, 0.1) is 0 Å². The molecular weight excluding hydrogens is 308 g/mol. The summed E-state index contributed by atoms with van der Waals surface area (Å²) in [6.45, 7) is 1.88. The Hall–Kier alpha value is -1.47. The molecule has 1 aliphatic heterocycles. The number of aromatic nitrogens is 2. The van der Waals surface area contributed by atoms with Crippen molar-refractivity contribution in [2.24, 2.45) is 0 Å². The van der Waals surface area contributed by atoms with Gasteiger partial charge in [0.25, 0.3) is 5.91 Å². The highest BCUT2D eigenvalue weighted by Crippen LogP contribution is 2.39. The zero-order chi connectivity index (χ0) is 16.7. The number of aliphatic hydroxyl groups is 1. The molecule has 1 saturated heterocycles. The molecule has 24 heavy (non-hydrogen) atoms. The molecule has 4 rings (SSSR count). The monoisotopic (exact) mass is 334 g/mol. The van der Waals surface area contributed by atoms with Gasteiger partial charge in [-0.05, 0) is 32.7 Å². The molecule has 2 heterocycles. The first-order valence-electron chi connectivity index (χ1n) is 9.12. The molecular formula is C17H26N4O3. The van der Waals surface area contributed by atoms with Crippen LogP contribution in [0.25, 0.3) is 0 Å². The van der Waals surface area contributed by atoms with Crippen LogP contribution < -0.4 is 0 Å². The van der Waals surface area contributed by atoms with Crippen LogP contribution in [0.15, 0.2) is 4.52 Å². The highest BCUT2D eigenvalue weighted by Gasteiger charge is 2.43. The van der Waals surface area contributed by atoms with Crippen molar-refractivity contribution >= 4 is 5.91 Å². The number of carbonyl (C=O) groups excluding carboxylic acids is 1. The molecule has 1 amide bonds. The lowest BCUT2D eigenvalue weighted by molar-refractivity contribution is -0.157. The summed E-state index contributed by atoms with van der Waals surface area (Å²) in [5.74, 6) is 1.72. The third-order valence-electron chi connectivity index (χ3n) is 5.70. The van der Waals surface area contributed by atoms with Crippen LogP contribution in [0.1, 0.15) is 68.6 Å². The Labute approximate surface area is 142 Å². The number of piperazine rings is 1. The number of nitrogens with zero attached hydrogens (tertiary/aromatic N) is 4. The van der Waals surface area contributed by atoms with Gasteiger partial charge in [0.1, 0.15) is 11.6 Å². The Balaban J connectivity index is 1.48. The Bertz CT molecular complexity index is 607. The fourth-order valence-electron chi connectivity index (χ4n) is 3.86. The van der Waals surface area contributed by atoms with E-state index < -0.39 is 5.60 Å². The second-order valence-corrected chi connectivity index (χ2v) is 7.60. The Morgan fingerprint density at radius 2 is 2.00 bits per heavy atom. The van der Waals surface area contributed by atoms with Gasteiger partial charge in [0.2, 0.25) is 5.89 Å². The van der Waals surface area contributed by atoms with E-state index in [0.717, 1.165) is 44.5 Å². The van der Waals surface area contributed by atoms with Crippen molar-refractivity contribution in [1.82, 2.24) is 19.9 Å². The summed E-state index contributed by atoms with van der Waals surface area (Å²) < 4.78 is 5.47. The van der Waals surface area contributed by atoms with E-state index in [1.807, 2.05) is 7.05 Å². The van der Waals surface area contributed by atoms with Gasteiger partial charge in [-0.15, -0.1) is 0 Å². The van der Waals surface area contributed by atoms with Gasteiger partial charge < -0.3 is 14.5 Å². The topological polar surface area (TPSA) is 82.7 Å². The third-order valence-corrected chi connectivity index (χ3v) is 5.70. The maximum Gasteiger partial charge on any atom is 0.254 e. The molecule has 7 nitrogen and oxygen atoms in total. The molecule has 3 fully saturated rings. The van der Waals surface area contributed by atoms with Gasteiger partial charge in [-0.1, -0.05) is 24.4 Å². The SMILES string of the molecule is CN1CCN(C(=O)C2(O)CCCCC2)CC1c1nc(C2CC2)no1. The zero-order valence-electron chi connectivity index (χ0n) is 14.3. The largest absolute Gasteiger partial charge is 0.380 e. The number of carbonyl (C=O) groups is 1. The van der Waals surface area contributed by atoms with Crippen LogP contribution in [0, 0.1) is 0 Å². The van der Waals surface area contributed by atoms with Crippen LogP contribution in [0.2, 0.25) is 0 Å². The number of hydrogen-bond acceptors (Lipinski definition) is 6. The van der Waals surface area contributed by atoms with Crippen molar-refractivity contribution in [3.63, 3.8) is 0 Å². The van der Waals surface area contributed by atoms with Crippen LogP contribution >= 0.6 is 0 Å². The molecule has 2 saturated carbocycles. The smallest absolute Gasteiger partial charge is 0.254 e. The van der Waals surface area contributed by atoms with Crippen molar-refractivity contribution in [2.75, 3.05) is 26.7 Å². The summed E-state index contributed by atoms with van der Waals surface area (Å²) in [6, 6.07) is -0.0881. The van der Waals surface area contributed by atoms with Crippen LogP contribution in [0.3, 0.4) is 0 Å². The van der Waals surface area contributed by atoms with Crippen LogP contribution in [-0.4, -0.2) is 63.2 Å². The quantitative estimate of drug-likeness (QED) is 0.901. The second-order valence-electron chi connectivity index (χ2n) is 7.60.